The Morgan fingerprint density at radius 1 is 1.32 bits per heavy atom. The van der Waals surface area contributed by atoms with Crippen molar-refractivity contribution < 1.29 is 4.79 Å². The molecule has 0 saturated heterocycles. The smallest absolute Gasteiger partial charge is 0.225 e. The van der Waals surface area contributed by atoms with Crippen LogP contribution >= 0.6 is 11.6 Å². The molecular formula is C14H14ClN3O. The molecule has 3 N–H and O–H groups in total. The molecule has 0 saturated carbocycles. The molecule has 4 nitrogen and oxygen atoms in total. The summed E-state index contributed by atoms with van der Waals surface area (Å²) in [5.41, 5.74) is 7.42. The van der Waals surface area contributed by atoms with E-state index in [-0.39, 0.29) is 5.91 Å². The van der Waals surface area contributed by atoms with E-state index in [4.69, 9.17) is 17.3 Å². The zero-order chi connectivity index (χ0) is 13.7. The van der Waals surface area contributed by atoms with Crippen LogP contribution in [-0.4, -0.2) is 10.9 Å². The molecule has 1 aromatic carbocycles. The fourth-order valence-corrected chi connectivity index (χ4v) is 1.84. The molecular weight excluding hydrogens is 262 g/mol. The number of benzene rings is 1. The molecule has 98 valence electrons. The topological polar surface area (TPSA) is 68.0 Å². The third-order valence-corrected chi connectivity index (χ3v) is 2.82. The maximum absolute atomic E-state index is 11.8. The number of nitrogens with one attached hydrogen (secondary N) is 1. The summed E-state index contributed by atoms with van der Waals surface area (Å²) < 4.78 is 0. The summed E-state index contributed by atoms with van der Waals surface area (Å²) in [4.78, 5) is 15.8. The normalized spacial score (nSPS) is 10.2. The number of aromatic nitrogens is 1. The number of nitrogens with two attached hydrogens (primary N) is 1. The van der Waals surface area contributed by atoms with Crippen molar-refractivity contribution >= 4 is 29.0 Å². The molecule has 0 spiro atoms. The zero-order valence-corrected chi connectivity index (χ0v) is 11.0. The SMILES string of the molecule is Nc1cccc(CCC(=O)Nc2cc(Cl)ccn2)c1. The number of carbonyl (C=O) groups is 1. The lowest BCUT2D eigenvalue weighted by Crippen LogP contribution is -2.13. The van der Waals surface area contributed by atoms with Gasteiger partial charge in [-0.3, -0.25) is 4.79 Å². The average molecular weight is 276 g/mol. The molecule has 2 aromatic rings. The molecule has 0 aliphatic carbocycles. The van der Waals surface area contributed by atoms with Crippen molar-refractivity contribution in [3.63, 3.8) is 0 Å². The fourth-order valence-electron chi connectivity index (χ4n) is 1.68. The van der Waals surface area contributed by atoms with Crippen molar-refractivity contribution in [3.05, 3.63) is 53.2 Å². The van der Waals surface area contributed by atoms with E-state index in [0.717, 1.165) is 5.56 Å². The Labute approximate surface area is 116 Å². The fraction of sp³-hybridized carbons (Fsp3) is 0.143. The van der Waals surface area contributed by atoms with Crippen LogP contribution in [0.5, 0.6) is 0 Å². The maximum atomic E-state index is 11.8. The number of amides is 1. The van der Waals surface area contributed by atoms with Crippen molar-refractivity contribution in [2.24, 2.45) is 0 Å². The van der Waals surface area contributed by atoms with Crippen LogP contribution in [0.1, 0.15) is 12.0 Å². The molecule has 1 aromatic heterocycles. The first-order chi connectivity index (χ1) is 9.13. The lowest BCUT2D eigenvalue weighted by Gasteiger charge is -2.05. The number of aryl methyl sites for hydroxylation is 1. The summed E-state index contributed by atoms with van der Waals surface area (Å²) in [5, 5.41) is 3.24. The van der Waals surface area contributed by atoms with E-state index in [2.05, 4.69) is 10.3 Å². The van der Waals surface area contributed by atoms with Crippen LogP contribution in [0.25, 0.3) is 0 Å². The van der Waals surface area contributed by atoms with Gasteiger partial charge in [-0.2, -0.15) is 0 Å². The van der Waals surface area contributed by atoms with E-state index in [1.807, 2.05) is 24.3 Å². The Kier molecular flexibility index (Phi) is 4.36. The van der Waals surface area contributed by atoms with Crippen LogP contribution in [-0.2, 0) is 11.2 Å². The number of hydrogen-bond donors (Lipinski definition) is 2. The molecule has 0 atom stereocenters. The van der Waals surface area contributed by atoms with Gasteiger partial charge in [-0.1, -0.05) is 23.7 Å². The molecule has 1 heterocycles. The molecule has 0 radical (unpaired) electrons. The number of carbonyl (C=O) groups excluding carboxylic acids is 1. The molecule has 1 amide bonds. The standard InChI is InChI=1S/C14H14ClN3O/c15-11-6-7-17-13(9-11)18-14(19)5-4-10-2-1-3-12(16)8-10/h1-3,6-9H,4-5,16H2,(H,17,18,19). The van der Waals surface area contributed by atoms with Gasteiger partial charge in [-0.05, 0) is 36.2 Å². The minimum absolute atomic E-state index is 0.0998. The molecule has 0 unspecified atom stereocenters. The predicted molar refractivity (Wildman–Crippen MR) is 77.1 cm³/mol. The van der Waals surface area contributed by atoms with E-state index in [9.17, 15) is 4.79 Å². The second kappa shape index (κ2) is 6.20. The van der Waals surface area contributed by atoms with Gasteiger partial charge in [0.05, 0.1) is 0 Å². The minimum atomic E-state index is -0.0998. The summed E-state index contributed by atoms with van der Waals surface area (Å²) in [6.07, 6.45) is 2.56. The van der Waals surface area contributed by atoms with Crippen LogP contribution in [0, 0.1) is 0 Å². The van der Waals surface area contributed by atoms with E-state index < -0.39 is 0 Å². The summed E-state index contributed by atoms with van der Waals surface area (Å²) in [6, 6.07) is 10.8. The van der Waals surface area contributed by atoms with Gasteiger partial charge >= 0.3 is 0 Å². The van der Waals surface area contributed by atoms with E-state index in [1.165, 1.54) is 0 Å². The highest BCUT2D eigenvalue weighted by molar-refractivity contribution is 6.30. The van der Waals surface area contributed by atoms with Gasteiger partial charge in [0.2, 0.25) is 5.91 Å². The number of anilines is 2. The summed E-state index contributed by atoms with van der Waals surface area (Å²) in [6.45, 7) is 0. The predicted octanol–water partition coefficient (Wildman–Crippen LogP) is 2.89. The Morgan fingerprint density at radius 2 is 2.16 bits per heavy atom. The second-order valence-electron chi connectivity index (χ2n) is 4.15. The zero-order valence-electron chi connectivity index (χ0n) is 10.3. The third-order valence-electron chi connectivity index (χ3n) is 2.58. The van der Waals surface area contributed by atoms with Gasteiger partial charge in [-0.15, -0.1) is 0 Å². The van der Waals surface area contributed by atoms with E-state index in [1.54, 1.807) is 18.3 Å². The highest BCUT2D eigenvalue weighted by Gasteiger charge is 2.04. The highest BCUT2D eigenvalue weighted by atomic mass is 35.5. The quantitative estimate of drug-likeness (QED) is 0.843. The Hall–Kier alpha value is -2.07. The number of hydrogen-bond acceptors (Lipinski definition) is 3. The van der Waals surface area contributed by atoms with E-state index >= 15 is 0 Å². The van der Waals surface area contributed by atoms with Crippen LogP contribution in [0.2, 0.25) is 5.02 Å². The lowest BCUT2D eigenvalue weighted by atomic mass is 10.1. The van der Waals surface area contributed by atoms with Crippen molar-refractivity contribution in [2.75, 3.05) is 11.1 Å². The molecule has 0 aliphatic heterocycles. The summed E-state index contributed by atoms with van der Waals surface area (Å²) in [7, 11) is 0. The first-order valence-electron chi connectivity index (χ1n) is 5.89. The van der Waals surface area contributed by atoms with Crippen molar-refractivity contribution in [2.45, 2.75) is 12.8 Å². The molecule has 2 rings (SSSR count). The highest BCUT2D eigenvalue weighted by Crippen LogP contribution is 2.13. The van der Waals surface area contributed by atoms with Crippen LogP contribution in [0.4, 0.5) is 11.5 Å². The number of pyridine rings is 1. The van der Waals surface area contributed by atoms with Gasteiger partial charge in [-0.25, -0.2) is 4.98 Å². The number of nitrogen functional groups attached to an aromatic ring is 1. The van der Waals surface area contributed by atoms with Crippen LogP contribution in [0.3, 0.4) is 0 Å². The van der Waals surface area contributed by atoms with Crippen LogP contribution < -0.4 is 11.1 Å². The van der Waals surface area contributed by atoms with Crippen LogP contribution in [0.15, 0.2) is 42.6 Å². The van der Waals surface area contributed by atoms with Gasteiger partial charge in [0, 0.05) is 23.3 Å². The Bertz CT molecular complexity index is 586. The number of rotatable bonds is 4. The molecule has 0 bridgehead atoms. The summed E-state index contributed by atoms with van der Waals surface area (Å²) in [5.74, 6) is 0.363. The van der Waals surface area contributed by atoms with Crippen molar-refractivity contribution in [1.82, 2.24) is 4.98 Å². The van der Waals surface area contributed by atoms with Gasteiger partial charge in [0.15, 0.2) is 0 Å². The third kappa shape index (κ3) is 4.26. The molecule has 0 fully saturated rings. The van der Waals surface area contributed by atoms with Crippen molar-refractivity contribution in [3.8, 4) is 0 Å². The second-order valence-corrected chi connectivity index (χ2v) is 4.59. The Morgan fingerprint density at radius 3 is 2.89 bits per heavy atom. The van der Waals surface area contributed by atoms with Gasteiger partial charge in [0.1, 0.15) is 5.82 Å². The van der Waals surface area contributed by atoms with Crippen molar-refractivity contribution in [1.29, 1.82) is 0 Å². The molecule has 0 aliphatic rings. The monoisotopic (exact) mass is 275 g/mol. The minimum Gasteiger partial charge on any atom is -0.399 e. The molecule has 19 heavy (non-hydrogen) atoms. The lowest BCUT2D eigenvalue weighted by molar-refractivity contribution is -0.116. The Balaban J connectivity index is 1.88. The van der Waals surface area contributed by atoms with Gasteiger partial charge in [0.25, 0.3) is 0 Å². The molecule has 5 heteroatoms. The number of halogens is 1. The van der Waals surface area contributed by atoms with E-state index in [0.29, 0.717) is 29.4 Å². The van der Waals surface area contributed by atoms with Gasteiger partial charge < -0.3 is 11.1 Å². The average Bonchev–Trinajstić information content (AvgIpc) is 2.36. The largest absolute Gasteiger partial charge is 0.399 e. The maximum Gasteiger partial charge on any atom is 0.225 e. The first kappa shape index (κ1) is 13.4. The first-order valence-corrected chi connectivity index (χ1v) is 6.27. The number of nitrogens with zero attached hydrogens (tertiary/aromatic N) is 1. The summed E-state index contributed by atoms with van der Waals surface area (Å²) >= 11 is 5.81.